The van der Waals surface area contributed by atoms with E-state index in [-0.39, 0.29) is 0 Å². The van der Waals surface area contributed by atoms with Crippen LogP contribution >= 0.6 is 0 Å². The molecule has 5 heteroatoms. The predicted octanol–water partition coefficient (Wildman–Crippen LogP) is 0.219. The Balaban J connectivity index is 1.67. The molecule has 1 saturated carbocycles. The van der Waals surface area contributed by atoms with Crippen molar-refractivity contribution < 1.29 is 9.90 Å². The number of rotatable bonds is 5. The van der Waals surface area contributed by atoms with Gasteiger partial charge in [0.2, 0.25) is 0 Å². The van der Waals surface area contributed by atoms with Crippen molar-refractivity contribution in [2.45, 2.75) is 37.3 Å². The zero-order valence-electron chi connectivity index (χ0n) is 11.8. The lowest BCUT2D eigenvalue weighted by Crippen LogP contribution is -2.62. The van der Waals surface area contributed by atoms with Crippen LogP contribution in [0.3, 0.4) is 0 Å². The molecule has 108 valence electrons. The van der Waals surface area contributed by atoms with E-state index in [1.807, 2.05) is 0 Å². The molecule has 3 rings (SSSR count). The first-order valence-electron chi connectivity index (χ1n) is 7.54. The molecule has 2 N–H and O–H groups in total. The zero-order chi connectivity index (χ0) is 13.5. The van der Waals surface area contributed by atoms with Crippen molar-refractivity contribution in [3.8, 4) is 0 Å². The second kappa shape index (κ2) is 5.04. The molecule has 2 saturated heterocycles. The van der Waals surface area contributed by atoms with Crippen molar-refractivity contribution in [3.05, 3.63) is 0 Å². The van der Waals surface area contributed by atoms with Crippen LogP contribution in [0.1, 0.15) is 25.7 Å². The molecule has 2 unspecified atom stereocenters. The second-order valence-electron chi connectivity index (χ2n) is 6.37. The smallest absolute Gasteiger partial charge is 0.325 e. The Morgan fingerprint density at radius 1 is 1.32 bits per heavy atom. The van der Waals surface area contributed by atoms with Crippen molar-refractivity contribution >= 4 is 5.97 Å². The van der Waals surface area contributed by atoms with Gasteiger partial charge in [-0.05, 0) is 45.2 Å². The van der Waals surface area contributed by atoms with Crippen LogP contribution in [-0.2, 0) is 4.79 Å². The molecular weight excluding hydrogens is 242 g/mol. The number of aliphatic carboxylic acids is 1. The first kappa shape index (κ1) is 13.3. The van der Waals surface area contributed by atoms with Crippen molar-refractivity contribution in [2.24, 2.45) is 5.92 Å². The van der Waals surface area contributed by atoms with E-state index < -0.39 is 11.5 Å². The molecule has 3 aliphatic rings. The van der Waals surface area contributed by atoms with Gasteiger partial charge in [-0.3, -0.25) is 14.6 Å². The Hall–Kier alpha value is -0.650. The first-order valence-corrected chi connectivity index (χ1v) is 7.54. The lowest BCUT2D eigenvalue weighted by Gasteiger charge is -2.42. The van der Waals surface area contributed by atoms with E-state index in [1.54, 1.807) is 7.05 Å². The van der Waals surface area contributed by atoms with Gasteiger partial charge < -0.3 is 10.4 Å². The fourth-order valence-corrected chi connectivity index (χ4v) is 3.89. The molecule has 19 heavy (non-hydrogen) atoms. The molecule has 0 aromatic carbocycles. The molecule has 0 aromatic rings. The van der Waals surface area contributed by atoms with E-state index in [0.29, 0.717) is 18.5 Å². The number of nitrogens with zero attached hydrogens (tertiary/aromatic N) is 2. The van der Waals surface area contributed by atoms with Crippen LogP contribution in [0.25, 0.3) is 0 Å². The van der Waals surface area contributed by atoms with Gasteiger partial charge in [0.25, 0.3) is 0 Å². The van der Waals surface area contributed by atoms with Crippen molar-refractivity contribution in [2.75, 3.05) is 39.8 Å². The molecule has 0 radical (unpaired) electrons. The van der Waals surface area contributed by atoms with Gasteiger partial charge in [0.15, 0.2) is 0 Å². The largest absolute Gasteiger partial charge is 0.480 e. The number of fused-ring (bicyclic) bond motifs is 1. The molecule has 2 atom stereocenters. The van der Waals surface area contributed by atoms with Crippen LogP contribution in [0, 0.1) is 5.92 Å². The molecule has 2 heterocycles. The SMILES string of the molecule is CNC(CN1CCN2CCCC2C1)(C(=O)O)C1CC1. The van der Waals surface area contributed by atoms with Gasteiger partial charge in [0.1, 0.15) is 5.54 Å². The molecular formula is C14H25N3O2. The average molecular weight is 267 g/mol. The summed E-state index contributed by atoms with van der Waals surface area (Å²) in [6.07, 6.45) is 4.68. The van der Waals surface area contributed by atoms with Crippen LogP contribution in [0.4, 0.5) is 0 Å². The lowest BCUT2D eigenvalue weighted by molar-refractivity contribution is -0.147. The summed E-state index contributed by atoms with van der Waals surface area (Å²) < 4.78 is 0. The topological polar surface area (TPSA) is 55.8 Å². The molecule has 2 aliphatic heterocycles. The number of carboxylic acids is 1. The normalized spacial score (nSPS) is 31.9. The number of hydrogen-bond acceptors (Lipinski definition) is 4. The van der Waals surface area contributed by atoms with Crippen LogP contribution in [0.2, 0.25) is 0 Å². The Bertz CT molecular complexity index is 359. The highest BCUT2D eigenvalue weighted by atomic mass is 16.4. The van der Waals surface area contributed by atoms with Crippen molar-refractivity contribution in [1.29, 1.82) is 0 Å². The number of hydrogen-bond donors (Lipinski definition) is 2. The summed E-state index contributed by atoms with van der Waals surface area (Å²) in [7, 11) is 1.80. The van der Waals surface area contributed by atoms with Crippen LogP contribution in [-0.4, -0.2) is 72.2 Å². The number of carbonyl (C=O) groups is 1. The highest BCUT2D eigenvalue weighted by Crippen LogP contribution is 2.40. The van der Waals surface area contributed by atoms with Gasteiger partial charge >= 0.3 is 5.97 Å². The minimum Gasteiger partial charge on any atom is -0.480 e. The van der Waals surface area contributed by atoms with Crippen molar-refractivity contribution in [3.63, 3.8) is 0 Å². The molecule has 0 spiro atoms. The van der Waals surface area contributed by atoms with Gasteiger partial charge in [-0.2, -0.15) is 0 Å². The minimum atomic E-state index is -0.721. The minimum absolute atomic E-state index is 0.316. The van der Waals surface area contributed by atoms with Crippen molar-refractivity contribution in [1.82, 2.24) is 15.1 Å². The maximum Gasteiger partial charge on any atom is 0.325 e. The highest BCUT2D eigenvalue weighted by Gasteiger charge is 2.51. The van der Waals surface area contributed by atoms with Gasteiger partial charge in [-0.15, -0.1) is 0 Å². The zero-order valence-corrected chi connectivity index (χ0v) is 11.8. The summed E-state index contributed by atoms with van der Waals surface area (Å²) in [5.41, 5.74) is -0.721. The van der Waals surface area contributed by atoms with Crippen LogP contribution < -0.4 is 5.32 Å². The van der Waals surface area contributed by atoms with E-state index in [2.05, 4.69) is 15.1 Å². The fraction of sp³-hybridized carbons (Fsp3) is 0.929. The summed E-state index contributed by atoms with van der Waals surface area (Å²) in [5.74, 6) is -0.358. The van der Waals surface area contributed by atoms with E-state index in [9.17, 15) is 9.90 Å². The van der Waals surface area contributed by atoms with E-state index in [0.717, 1.165) is 32.5 Å². The lowest BCUT2D eigenvalue weighted by atomic mass is 9.92. The third kappa shape index (κ3) is 2.39. The summed E-state index contributed by atoms with van der Waals surface area (Å²) in [6.45, 7) is 5.06. The summed E-state index contributed by atoms with van der Waals surface area (Å²) in [4.78, 5) is 16.7. The Labute approximate surface area is 114 Å². The van der Waals surface area contributed by atoms with Gasteiger partial charge in [-0.1, -0.05) is 0 Å². The van der Waals surface area contributed by atoms with Crippen LogP contribution in [0.5, 0.6) is 0 Å². The van der Waals surface area contributed by atoms with E-state index in [4.69, 9.17) is 0 Å². The van der Waals surface area contributed by atoms with Gasteiger partial charge in [0, 0.05) is 32.2 Å². The Kier molecular flexibility index (Phi) is 3.53. The van der Waals surface area contributed by atoms with Gasteiger partial charge in [-0.25, -0.2) is 0 Å². The number of carboxylic acid groups (broad SMARTS) is 1. The first-order chi connectivity index (χ1) is 9.15. The van der Waals surface area contributed by atoms with E-state index >= 15 is 0 Å². The summed E-state index contributed by atoms with van der Waals surface area (Å²) in [5, 5.41) is 12.8. The highest BCUT2D eigenvalue weighted by molar-refractivity contribution is 5.80. The maximum absolute atomic E-state index is 11.7. The molecule has 5 nitrogen and oxygen atoms in total. The number of likely N-dealkylation sites (N-methyl/N-ethyl adjacent to an activating group) is 1. The summed E-state index contributed by atoms with van der Waals surface area (Å²) in [6, 6.07) is 0.663. The summed E-state index contributed by atoms with van der Waals surface area (Å²) >= 11 is 0. The molecule has 0 aromatic heterocycles. The second-order valence-corrected chi connectivity index (χ2v) is 6.37. The Morgan fingerprint density at radius 3 is 2.74 bits per heavy atom. The fourth-order valence-electron chi connectivity index (χ4n) is 3.89. The average Bonchev–Trinajstić information content (AvgIpc) is 3.14. The van der Waals surface area contributed by atoms with Crippen LogP contribution in [0.15, 0.2) is 0 Å². The maximum atomic E-state index is 11.7. The third-order valence-corrected chi connectivity index (χ3v) is 5.25. The van der Waals surface area contributed by atoms with Gasteiger partial charge in [0.05, 0.1) is 0 Å². The third-order valence-electron chi connectivity index (χ3n) is 5.25. The monoisotopic (exact) mass is 267 g/mol. The molecule has 3 fully saturated rings. The standard InChI is InChI=1S/C14H25N3O2/c1-15-14(13(18)19,11-4-5-11)10-16-7-8-17-6-2-3-12(17)9-16/h11-12,15H,2-10H2,1H3,(H,18,19). The molecule has 0 amide bonds. The molecule has 0 bridgehead atoms. The Morgan fingerprint density at radius 2 is 2.11 bits per heavy atom. The quantitative estimate of drug-likeness (QED) is 0.746. The number of piperazine rings is 1. The predicted molar refractivity (Wildman–Crippen MR) is 73.2 cm³/mol. The molecule has 1 aliphatic carbocycles. The van der Waals surface area contributed by atoms with E-state index in [1.165, 1.54) is 19.4 Å². The number of nitrogens with one attached hydrogen (secondary N) is 1.